The van der Waals surface area contributed by atoms with E-state index in [1.165, 1.54) is 6.92 Å². The fourth-order valence-corrected chi connectivity index (χ4v) is 0.318. The van der Waals surface area contributed by atoms with Gasteiger partial charge >= 0.3 is 6.09 Å². The van der Waals surface area contributed by atoms with Crippen molar-refractivity contribution in [2.75, 3.05) is 0 Å². The van der Waals surface area contributed by atoms with E-state index < -0.39 is 12.1 Å². The number of hydrogen-bond donors (Lipinski definition) is 3. The predicted molar refractivity (Wildman–Crippen MR) is 30.3 cm³/mol. The third kappa shape index (κ3) is 4.48. The molecule has 4 nitrogen and oxygen atoms in total. The van der Waals surface area contributed by atoms with Crippen LogP contribution in [0.2, 0.25) is 0 Å². The van der Waals surface area contributed by atoms with Crippen LogP contribution in [0.1, 0.15) is 6.92 Å². The lowest BCUT2D eigenvalue weighted by Gasteiger charge is -1.99. The van der Waals surface area contributed by atoms with Crippen LogP contribution in [-0.2, 0) is 0 Å². The van der Waals surface area contributed by atoms with Crippen molar-refractivity contribution < 1.29 is 15.0 Å². The zero-order valence-electron chi connectivity index (χ0n) is 4.88. The summed E-state index contributed by atoms with van der Waals surface area (Å²) in [5, 5.41) is 18.0. The van der Waals surface area contributed by atoms with Crippen molar-refractivity contribution in [1.29, 1.82) is 0 Å². The Morgan fingerprint density at radius 3 is 2.67 bits per heavy atom. The van der Waals surface area contributed by atoms with Gasteiger partial charge in [-0.1, -0.05) is 0 Å². The average molecular weight is 129 g/mol. The molecule has 0 bridgehead atoms. The standard InChI is InChI=1S/C5H7NO3/c1-4(2-3-7)6-5(8)9/h4,6-7H,1H3,(H,8,9)/t4-/m1/s1. The van der Waals surface area contributed by atoms with Crippen molar-refractivity contribution in [2.45, 2.75) is 13.0 Å². The molecular formula is C5H7NO3. The zero-order valence-corrected chi connectivity index (χ0v) is 4.88. The monoisotopic (exact) mass is 129 g/mol. The highest BCUT2D eigenvalue weighted by molar-refractivity contribution is 5.65. The highest BCUT2D eigenvalue weighted by Gasteiger charge is 1.98. The molecule has 0 aliphatic rings. The Balaban J connectivity index is 3.59. The molecule has 0 saturated heterocycles. The van der Waals surface area contributed by atoms with Crippen molar-refractivity contribution in [3.8, 4) is 12.0 Å². The number of nitrogens with one attached hydrogen (secondary N) is 1. The van der Waals surface area contributed by atoms with E-state index in [1.54, 1.807) is 6.11 Å². The summed E-state index contributed by atoms with van der Waals surface area (Å²) in [5.74, 6) is 2.19. The highest BCUT2D eigenvalue weighted by atomic mass is 16.4. The van der Waals surface area contributed by atoms with Crippen LogP contribution in [-0.4, -0.2) is 22.3 Å². The van der Waals surface area contributed by atoms with E-state index >= 15 is 0 Å². The molecule has 0 rings (SSSR count). The van der Waals surface area contributed by atoms with Crippen LogP contribution < -0.4 is 5.32 Å². The van der Waals surface area contributed by atoms with E-state index in [4.69, 9.17) is 10.2 Å². The minimum absolute atomic E-state index is 0.521. The number of hydrogen-bond acceptors (Lipinski definition) is 2. The Morgan fingerprint density at radius 1 is 1.78 bits per heavy atom. The first-order valence-corrected chi connectivity index (χ1v) is 2.31. The van der Waals surface area contributed by atoms with Gasteiger partial charge in [0.25, 0.3) is 0 Å². The summed E-state index contributed by atoms with van der Waals surface area (Å²) < 4.78 is 0. The van der Waals surface area contributed by atoms with Gasteiger partial charge in [-0.05, 0) is 12.8 Å². The number of rotatable bonds is 1. The van der Waals surface area contributed by atoms with Crippen molar-refractivity contribution in [1.82, 2.24) is 5.32 Å². The van der Waals surface area contributed by atoms with Crippen molar-refractivity contribution in [3.63, 3.8) is 0 Å². The molecule has 0 unspecified atom stereocenters. The molecule has 9 heavy (non-hydrogen) atoms. The molecule has 4 heteroatoms. The van der Waals surface area contributed by atoms with E-state index in [0.29, 0.717) is 0 Å². The molecular weight excluding hydrogens is 122 g/mol. The lowest BCUT2D eigenvalue weighted by Crippen LogP contribution is -2.29. The Morgan fingerprint density at radius 2 is 2.33 bits per heavy atom. The van der Waals surface area contributed by atoms with Gasteiger partial charge in [-0.15, -0.1) is 0 Å². The van der Waals surface area contributed by atoms with Crippen LogP contribution in [0.5, 0.6) is 0 Å². The van der Waals surface area contributed by atoms with Crippen molar-refractivity contribution in [2.24, 2.45) is 0 Å². The fraction of sp³-hybridized carbons (Fsp3) is 0.400. The second-order valence-corrected chi connectivity index (χ2v) is 1.43. The third-order valence-electron chi connectivity index (χ3n) is 0.621. The van der Waals surface area contributed by atoms with Gasteiger partial charge in [0.15, 0.2) is 0 Å². The Bertz CT molecular complexity index is 155. The molecule has 0 aromatic carbocycles. The summed E-state index contributed by atoms with van der Waals surface area (Å²) in [6, 6.07) is -0.521. The molecule has 0 radical (unpaired) electrons. The van der Waals surface area contributed by atoms with Gasteiger partial charge < -0.3 is 15.5 Å². The number of aliphatic hydroxyl groups excluding tert-OH is 1. The van der Waals surface area contributed by atoms with E-state index in [2.05, 4.69) is 5.92 Å². The fourth-order valence-electron chi connectivity index (χ4n) is 0.318. The summed E-state index contributed by atoms with van der Waals surface area (Å²) in [4.78, 5) is 9.82. The lowest BCUT2D eigenvalue weighted by atomic mass is 10.4. The smallest absolute Gasteiger partial charge is 0.405 e. The molecule has 0 aliphatic heterocycles. The number of carboxylic acid groups (broad SMARTS) is 1. The topological polar surface area (TPSA) is 69.6 Å². The van der Waals surface area contributed by atoms with Gasteiger partial charge in [0.05, 0.1) is 6.04 Å². The first-order chi connectivity index (χ1) is 4.16. The van der Waals surface area contributed by atoms with Gasteiger partial charge in [-0.25, -0.2) is 4.79 Å². The van der Waals surface area contributed by atoms with Crippen LogP contribution in [0.15, 0.2) is 0 Å². The van der Waals surface area contributed by atoms with Crippen molar-refractivity contribution in [3.05, 3.63) is 0 Å². The largest absolute Gasteiger partial charge is 0.465 e. The molecule has 0 aliphatic carbocycles. The minimum Gasteiger partial charge on any atom is -0.465 e. The van der Waals surface area contributed by atoms with Crippen molar-refractivity contribution >= 4 is 6.09 Å². The van der Waals surface area contributed by atoms with Gasteiger partial charge in [0.2, 0.25) is 0 Å². The van der Waals surface area contributed by atoms with Gasteiger partial charge in [0.1, 0.15) is 6.11 Å². The Hall–Kier alpha value is -1.37. The molecule has 1 amide bonds. The third-order valence-corrected chi connectivity index (χ3v) is 0.621. The Kier molecular flexibility index (Phi) is 3.06. The molecule has 50 valence electrons. The van der Waals surface area contributed by atoms with E-state index in [9.17, 15) is 4.79 Å². The van der Waals surface area contributed by atoms with Crippen LogP contribution >= 0.6 is 0 Å². The Labute approximate surface area is 52.5 Å². The predicted octanol–water partition coefficient (Wildman–Crippen LogP) is -0.0241. The molecule has 0 saturated carbocycles. The molecule has 0 spiro atoms. The summed E-state index contributed by atoms with van der Waals surface area (Å²) in [6.45, 7) is 1.53. The SMILES string of the molecule is C[C@H](C#CO)NC(=O)O. The van der Waals surface area contributed by atoms with Gasteiger partial charge in [0, 0.05) is 0 Å². The maximum absolute atomic E-state index is 9.82. The first kappa shape index (κ1) is 7.63. The zero-order chi connectivity index (χ0) is 7.28. The van der Waals surface area contributed by atoms with Gasteiger partial charge in [-0.3, -0.25) is 0 Å². The minimum atomic E-state index is -1.15. The number of carbonyl (C=O) groups is 1. The highest BCUT2D eigenvalue weighted by Crippen LogP contribution is 1.74. The summed E-state index contributed by atoms with van der Waals surface area (Å²) >= 11 is 0. The second-order valence-electron chi connectivity index (χ2n) is 1.43. The van der Waals surface area contributed by atoms with Crippen LogP contribution in [0, 0.1) is 12.0 Å². The first-order valence-electron chi connectivity index (χ1n) is 2.31. The molecule has 3 N–H and O–H groups in total. The average Bonchev–Trinajstić information content (AvgIpc) is 1.63. The van der Waals surface area contributed by atoms with Crippen LogP contribution in [0.3, 0.4) is 0 Å². The summed E-state index contributed by atoms with van der Waals surface area (Å²) in [5.41, 5.74) is 0. The maximum atomic E-state index is 9.82. The summed E-state index contributed by atoms with van der Waals surface area (Å²) in [7, 11) is 0. The lowest BCUT2D eigenvalue weighted by molar-refractivity contribution is 0.193. The molecule has 1 atom stereocenters. The second kappa shape index (κ2) is 3.61. The quantitative estimate of drug-likeness (QED) is 0.435. The summed E-state index contributed by atoms with van der Waals surface area (Å²) in [6.07, 6.45) is 0.449. The van der Waals surface area contributed by atoms with Crippen LogP contribution in [0.25, 0.3) is 0 Å². The molecule has 0 fully saturated rings. The number of aliphatic hydroxyl groups is 1. The maximum Gasteiger partial charge on any atom is 0.405 e. The van der Waals surface area contributed by atoms with Crippen LogP contribution in [0.4, 0.5) is 4.79 Å². The van der Waals surface area contributed by atoms with E-state index in [0.717, 1.165) is 0 Å². The molecule has 0 aromatic heterocycles. The number of amides is 1. The van der Waals surface area contributed by atoms with E-state index in [-0.39, 0.29) is 0 Å². The normalized spacial score (nSPS) is 10.8. The molecule has 0 heterocycles. The van der Waals surface area contributed by atoms with Gasteiger partial charge in [-0.2, -0.15) is 0 Å². The molecule has 0 aromatic rings. The van der Waals surface area contributed by atoms with E-state index in [1.807, 2.05) is 5.32 Å².